The summed E-state index contributed by atoms with van der Waals surface area (Å²) < 4.78 is 4.89. The van der Waals surface area contributed by atoms with Crippen molar-refractivity contribution < 1.29 is 9.53 Å². The Bertz CT molecular complexity index is 379. The molecule has 0 heterocycles. The molecule has 0 aliphatic carbocycles. The van der Waals surface area contributed by atoms with Gasteiger partial charge in [0.1, 0.15) is 6.04 Å². The van der Waals surface area contributed by atoms with Crippen molar-refractivity contribution in [3.8, 4) is 0 Å². The second-order valence-electron chi connectivity index (χ2n) is 3.60. The van der Waals surface area contributed by atoms with E-state index in [9.17, 15) is 4.79 Å². The number of hydrogen-bond donors (Lipinski definition) is 1. The van der Waals surface area contributed by atoms with Gasteiger partial charge in [0.25, 0.3) is 0 Å². The number of carbonyl (C=O) groups excluding carboxylic acids is 1. The molecule has 0 saturated heterocycles. The zero-order valence-corrected chi connectivity index (χ0v) is 10.5. The smallest absolute Gasteiger partial charge is 0.328 e. The molecule has 0 spiro atoms. The van der Waals surface area contributed by atoms with Gasteiger partial charge in [-0.25, -0.2) is 4.79 Å². The summed E-state index contributed by atoms with van der Waals surface area (Å²) in [6, 6.07) is 5.24. The predicted molar refractivity (Wildman–Crippen MR) is 65.9 cm³/mol. The minimum absolute atomic E-state index is 0.279. The van der Waals surface area contributed by atoms with E-state index in [4.69, 9.17) is 16.3 Å². The number of ether oxygens (including phenoxy) is 1. The molecule has 16 heavy (non-hydrogen) atoms. The highest BCUT2D eigenvalue weighted by Gasteiger charge is 2.14. The Morgan fingerprint density at radius 1 is 1.56 bits per heavy atom. The average molecular weight is 242 g/mol. The number of nitrogens with one attached hydrogen (secondary N) is 1. The Kier molecular flexibility index (Phi) is 4.62. The lowest BCUT2D eigenvalue weighted by Gasteiger charge is -2.15. The van der Waals surface area contributed by atoms with Crippen molar-refractivity contribution in [2.75, 3.05) is 11.9 Å². The van der Waals surface area contributed by atoms with E-state index in [-0.39, 0.29) is 5.97 Å². The van der Waals surface area contributed by atoms with Crippen LogP contribution >= 0.6 is 11.6 Å². The van der Waals surface area contributed by atoms with Gasteiger partial charge >= 0.3 is 5.97 Å². The summed E-state index contributed by atoms with van der Waals surface area (Å²) in [5.41, 5.74) is 1.83. The molecule has 0 aliphatic heterocycles. The summed E-state index contributed by atoms with van der Waals surface area (Å²) in [4.78, 5) is 11.4. The summed E-state index contributed by atoms with van der Waals surface area (Å²) in [6.45, 7) is 5.87. The van der Waals surface area contributed by atoms with Gasteiger partial charge in [0.05, 0.1) is 17.3 Å². The van der Waals surface area contributed by atoms with Crippen LogP contribution in [0.25, 0.3) is 0 Å². The Morgan fingerprint density at radius 2 is 2.25 bits per heavy atom. The highest BCUT2D eigenvalue weighted by Crippen LogP contribution is 2.23. The summed E-state index contributed by atoms with van der Waals surface area (Å²) in [7, 11) is 0. The van der Waals surface area contributed by atoms with Crippen molar-refractivity contribution in [2.45, 2.75) is 26.8 Å². The van der Waals surface area contributed by atoms with Gasteiger partial charge in [0.2, 0.25) is 0 Å². The van der Waals surface area contributed by atoms with E-state index in [0.29, 0.717) is 11.6 Å². The summed E-state index contributed by atoms with van der Waals surface area (Å²) in [5.74, 6) is -0.279. The van der Waals surface area contributed by atoms with Crippen LogP contribution in [0.15, 0.2) is 18.2 Å². The van der Waals surface area contributed by atoms with E-state index in [1.54, 1.807) is 13.8 Å². The van der Waals surface area contributed by atoms with Gasteiger partial charge in [-0.1, -0.05) is 17.7 Å². The van der Waals surface area contributed by atoms with Crippen molar-refractivity contribution >= 4 is 23.3 Å². The molecule has 1 aromatic carbocycles. The predicted octanol–water partition coefficient (Wildman–Crippen LogP) is 3.01. The molecule has 3 nitrogen and oxygen atoms in total. The molecule has 1 atom stereocenters. The van der Waals surface area contributed by atoms with Crippen molar-refractivity contribution in [3.05, 3.63) is 28.8 Å². The number of anilines is 1. The molecular formula is C12H16ClNO2. The minimum Gasteiger partial charge on any atom is -0.464 e. The average Bonchev–Trinajstić information content (AvgIpc) is 2.22. The van der Waals surface area contributed by atoms with Crippen molar-refractivity contribution in [3.63, 3.8) is 0 Å². The van der Waals surface area contributed by atoms with Crippen LogP contribution in [0.3, 0.4) is 0 Å². The number of rotatable bonds is 4. The summed E-state index contributed by atoms with van der Waals surface area (Å²) in [5, 5.41) is 3.62. The maximum Gasteiger partial charge on any atom is 0.328 e. The van der Waals surface area contributed by atoms with Crippen LogP contribution in [0, 0.1) is 6.92 Å². The quantitative estimate of drug-likeness (QED) is 0.824. The Labute approximate surface area is 101 Å². The Balaban J connectivity index is 2.69. The number of esters is 1. The number of aryl methyl sites for hydroxylation is 1. The van der Waals surface area contributed by atoms with Crippen LogP contribution in [-0.4, -0.2) is 18.6 Å². The first-order chi connectivity index (χ1) is 7.54. The highest BCUT2D eigenvalue weighted by atomic mass is 35.5. The topological polar surface area (TPSA) is 38.3 Å². The molecular weight excluding hydrogens is 226 g/mol. The van der Waals surface area contributed by atoms with Crippen LogP contribution in [0.5, 0.6) is 0 Å². The van der Waals surface area contributed by atoms with Gasteiger partial charge in [-0.15, -0.1) is 0 Å². The van der Waals surface area contributed by atoms with Gasteiger partial charge in [0.15, 0.2) is 0 Å². The maximum atomic E-state index is 11.4. The minimum atomic E-state index is -0.403. The molecule has 4 heteroatoms. The van der Waals surface area contributed by atoms with Crippen molar-refractivity contribution in [2.24, 2.45) is 0 Å². The lowest BCUT2D eigenvalue weighted by atomic mass is 10.2. The van der Waals surface area contributed by atoms with E-state index in [2.05, 4.69) is 5.32 Å². The largest absolute Gasteiger partial charge is 0.464 e. The molecule has 0 radical (unpaired) electrons. The van der Waals surface area contributed by atoms with E-state index in [1.807, 2.05) is 25.1 Å². The number of carbonyl (C=O) groups is 1. The third-order valence-electron chi connectivity index (χ3n) is 2.14. The van der Waals surface area contributed by atoms with E-state index in [0.717, 1.165) is 11.3 Å². The molecule has 88 valence electrons. The van der Waals surface area contributed by atoms with Crippen LogP contribution < -0.4 is 5.32 Å². The van der Waals surface area contributed by atoms with E-state index < -0.39 is 6.04 Å². The first kappa shape index (κ1) is 12.8. The van der Waals surface area contributed by atoms with Crippen LogP contribution in [0.2, 0.25) is 5.02 Å². The number of halogens is 1. The molecule has 0 bridgehead atoms. The fourth-order valence-electron chi connectivity index (χ4n) is 1.30. The first-order valence-electron chi connectivity index (χ1n) is 5.24. The SMILES string of the molecule is CCOC(=O)C(C)Nc1ccc(C)cc1Cl. The van der Waals surface area contributed by atoms with Crippen molar-refractivity contribution in [1.82, 2.24) is 0 Å². The molecule has 0 aliphatic rings. The molecule has 0 aromatic heterocycles. The molecule has 0 fully saturated rings. The third-order valence-corrected chi connectivity index (χ3v) is 2.45. The molecule has 1 N–H and O–H groups in total. The van der Waals surface area contributed by atoms with Gasteiger partial charge in [0, 0.05) is 0 Å². The third kappa shape index (κ3) is 3.42. The summed E-state index contributed by atoms with van der Waals surface area (Å²) >= 11 is 6.04. The van der Waals surface area contributed by atoms with Crippen LogP contribution in [-0.2, 0) is 9.53 Å². The zero-order valence-electron chi connectivity index (χ0n) is 9.71. The van der Waals surface area contributed by atoms with E-state index in [1.165, 1.54) is 0 Å². The van der Waals surface area contributed by atoms with Gasteiger partial charge < -0.3 is 10.1 Å². The van der Waals surface area contributed by atoms with Crippen molar-refractivity contribution in [1.29, 1.82) is 0 Å². The van der Waals surface area contributed by atoms with Crippen LogP contribution in [0.4, 0.5) is 5.69 Å². The van der Waals surface area contributed by atoms with Gasteiger partial charge in [-0.05, 0) is 38.5 Å². The molecule has 1 aromatic rings. The highest BCUT2D eigenvalue weighted by molar-refractivity contribution is 6.33. The lowest BCUT2D eigenvalue weighted by Crippen LogP contribution is -2.28. The second-order valence-corrected chi connectivity index (χ2v) is 4.01. The molecule has 0 saturated carbocycles. The summed E-state index contributed by atoms with van der Waals surface area (Å²) in [6.07, 6.45) is 0. The first-order valence-corrected chi connectivity index (χ1v) is 5.61. The fourth-order valence-corrected chi connectivity index (χ4v) is 1.59. The van der Waals surface area contributed by atoms with Gasteiger partial charge in [-0.2, -0.15) is 0 Å². The lowest BCUT2D eigenvalue weighted by molar-refractivity contribution is -0.143. The monoisotopic (exact) mass is 241 g/mol. The Morgan fingerprint density at radius 3 is 2.81 bits per heavy atom. The normalized spacial score (nSPS) is 12.0. The molecule has 0 amide bonds. The molecule has 1 rings (SSSR count). The van der Waals surface area contributed by atoms with E-state index >= 15 is 0 Å². The Hall–Kier alpha value is -1.22. The molecule has 1 unspecified atom stereocenters. The number of hydrogen-bond acceptors (Lipinski definition) is 3. The van der Waals surface area contributed by atoms with Gasteiger partial charge in [-0.3, -0.25) is 0 Å². The maximum absolute atomic E-state index is 11.4. The second kappa shape index (κ2) is 5.75. The zero-order chi connectivity index (χ0) is 12.1. The fraction of sp³-hybridized carbons (Fsp3) is 0.417. The van der Waals surface area contributed by atoms with Crippen LogP contribution in [0.1, 0.15) is 19.4 Å². The number of benzene rings is 1. The standard InChI is InChI=1S/C12H16ClNO2/c1-4-16-12(15)9(3)14-11-6-5-8(2)7-10(11)13/h5-7,9,14H,4H2,1-3H3.